The number of Topliss-reactive ketones (excluding diaryl/α,β-unsaturated/α-hetero) is 1. The summed E-state index contributed by atoms with van der Waals surface area (Å²) in [6, 6.07) is 21.4. The van der Waals surface area contributed by atoms with Gasteiger partial charge in [0.2, 0.25) is 0 Å². The van der Waals surface area contributed by atoms with Crippen LogP contribution in [0.2, 0.25) is 0 Å². The molecule has 6 heteroatoms. The number of nitrogens with one attached hydrogen (secondary N) is 2. The Bertz CT molecular complexity index is 1330. The van der Waals surface area contributed by atoms with E-state index in [9.17, 15) is 9.59 Å². The standard InChI is InChI=1S/C29H28N2O4/c1-17-8-10-19(11-9-17)21-14-24-28(25(33)15-21)29(31-23-7-5-4-6-22(23)30-24)20-12-13-26(35-18(2)32)27(16-20)34-3/h4-13,16,21,29-31H,14-15H2,1-3H3/t21-,29+/m1/s1. The molecule has 1 heterocycles. The Balaban J connectivity index is 1.59. The van der Waals surface area contributed by atoms with E-state index in [1.54, 1.807) is 6.07 Å². The number of allylic oxidation sites excluding steroid dienone is 1. The van der Waals surface area contributed by atoms with E-state index in [1.807, 2.05) is 36.4 Å². The highest BCUT2D eigenvalue weighted by Crippen LogP contribution is 2.45. The first-order valence-corrected chi connectivity index (χ1v) is 11.7. The largest absolute Gasteiger partial charge is 0.493 e. The Morgan fingerprint density at radius 1 is 0.914 bits per heavy atom. The van der Waals surface area contributed by atoms with Crippen molar-refractivity contribution in [1.29, 1.82) is 0 Å². The fourth-order valence-electron chi connectivity index (χ4n) is 4.92. The minimum Gasteiger partial charge on any atom is -0.493 e. The first kappa shape index (κ1) is 22.7. The number of rotatable bonds is 4. The molecule has 0 radical (unpaired) electrons. The van der Waals surface area contributed by atoms with E-state index in [4.69, 9.17) is 9.47 Å². The molecule has 0 saturated heterocycles. The number of anilines is 2. The maximum absolute atomic E-state index is 13.7. The second-order valence-electron chi connectivity index (χ2n) is 9.08. The van der Waals surface area contributed by atoms with Crippen molar-refractivity contribution in [1.82, 2.24) is 0 Å². The van der Waals surface area contributed by atoms with Crippen LogP contribution in [0.4, 0.5) is 11.4 Å². The summed E-state index contributed by atoms with van der Waals surface area (Å²) in [6.07, 6.45) is 1.18. The predicted octanol–water partition coefficient (Wildman–Crippen LogP) is 5.91. The molecule has 0 amide bonds. The zero-order valence-corrected chi connectivity index (χ0v) is 20.1. The van der Waals surface area contributed by atoms with E-state index < -0.39 is 5.97 Å². The number of aryl methyl sites for hydroxylation is 1. The van der Waals surface area contributed by atoms with Crippen LogP contribution in [0.15, 0.2) is 78.0 Å². The third-order valence-corrected chi connectivity index (χ3v) is 6.63. The van der Waals surface area contributed by atoms with Gasteiger partial charge in [0, 0.05) is 24.6 Å². The summed E-state index contributed by atoms with van der Waals surface area (Å²) in [7, 11) is 1.53. The number of para-hydroxylation sites is 2. The van der Waals surface area contributed by atoms with Crippen molar-refractivity contribution in [2.75, 3.05) is 17.7 Å². The monoisotopic (exact) mass is 468 g/mol. The van der Waals surface area contributed by atoms with Crippen LogP contribution in [-0.2, 0) is 9.59 Å². The molecule has 3 aromatic rings. The number of ether oxygens (including phenoxy) is 2. The van der Waals surface area contributed by atoms with Gasteiger partial charge in [-0.05, 0) is 54.7 Å². The van der Waals surface area contributed by atoms with Crippen molar-refractivity contribution < 1.29 is 19.1 Å². The summed E-state index contributed by atoms with van der Waals surface area (Å²) in [4.78, 5) is 25.2. The number of benzene rings is 3. The van der Waals surface area contributed by atoms with Crippen LogP contribution in [-0.4, -0.2) is 18.9 Å². The lowest BCUT2D eigenvalue weighted by Gasteiger charge is -2.30. The van der Waals surface area contributed by atoms with Crippen molar-refractivity contribution in [3.63, 3.8) is 0 Å². The first-order chi connectivity index (χ1) is 16.9. The van der Waals surface area contributed by atoms with Gasteiger partial charge in [0.25, 0.3) is 0 Å². The number of hydrogen-bond donors (Lipinski definition) is 2. The lowest BCUT2D eigenvalue weighted by molar-refractivity contribution is -0.132. The van der Waals surface area contributed by atoms with E-state index in [-0.39, 0.29) is 17.7 Å². The highest BCUT2D eigenvalue weighted by molar-refractivity contribution is 6.01. The van der Waals surface area contributed by atoms with Crippen LogP contribution in [0.5, 0.6) is 11.5 Å². The van der Waals surface area contributed by atoms with E-state index in [0.717, 1.165) is 34.6 Å². The summed E-state index contributed by atoms with van der Waals surface area (Å²) in [5, 5.41) is 7.14. The molecule has 1 aliphatic carbocycles. The van der Waals surface area contributed by atoms with Crippen LogP contribution in [0.1, 0.15) is 48.4 Å². The van der Waals surface area contributed by atoms with Gasteiger partial charge in [-0.3, -0.25) is 9.59 Å². The van der Waals surface area contributed by atoms with Crippen LogP contribution in [0.25, 0.3) is 0 Å². The zero-order chi connectivity index (χ0) is 24.5. The zero-order valence-electron chi connectivity index (χ0n) is 20.1. The van der Waals surface area contributed by atoms with Crippen molar-refractivity contribution in [3.8, 4) is 11.5 Å². The molecule has 3 aromatic carbocycles. The number of carbonyl (C=O) groups is 2. The van der Waals surface area contributed by atoms with Crippen LogP contribution in [0, 0.1) is 6.92 Å². The van der Waals surface area contributed by atoms with Gasteiger partial charge in [-0.1, -0.05) is 48.0 Å². The fraction of sp³-hybridized carbons (Fsp3) is 0.241. The molecule has 2 N–H and O–H groups in total. The van der Waals surface area contributed by atoms with Crippen LogP contribution < -0.4 is 20.1 Å². The molecule has 35 heavy (non-hydrogen) atoms. The lowest BCUT2D eigenvalue weighted by atomic mass is 9.78. The summed E-state index contributed by atoms with van der Waals surface area (Å²) < 4.78 is 10.8. The molecule has 2 aliphatic rings. The Morgan fingerprint density at radius 2 is 1.63 bits per heavy atom. The number of fused-ring (bicyclic) bond motifs is 1. The number of hydrogen-bond acceptors (Lipinski definition) is 6. The predicted molar refractivity (Wildman–Crippen MR) is 136 cm³/mol. The molecule has 6 nitrogen and oxygen atoms in total. The molecular weight excluding hydrogens is 440 g/mol. The number of esters is 1. The quantitative estimate of drug-likeness (QED) is 0.366. The second-order valence-corrected chi connectivity index (χ2v) is 9.08. The average molecular weight is 469 g/mol. The molecule has 5 rings (SSSR count). The summed E-state index contributed by atoms with van der Waals surface area (Å²) in [6.45, 7) is 3.42. The summed E-state index contributed by atoms with van der Waals surface area (Å²) in [5.41, 5.74) is 6.73. The average Bonchev–Trinajstić information content (AvgIpc) is 3.01. The van der Waals surface area contributed by atoms with Gasteiger partial charge in [-0.25, -0.2) is 0 Å². The second kappa shape index (κ2) is 9.29. The molecule has 0 spiro atoms. The smallest absolute Gasteiger partial charge is 0.308 e. The molecule has 0 unspecified atom stereocenters. The SMILES string of the molecule is COc1cc([C@@H]2Nc3ccccc3NC3=C2C(=O)C[C@H](c2ccc(C)cc2)C3)ccc1OC(C)=O. The van der Waals surface area contributed by atoms with Crippen molar-refractivity contribution in [2.24, 2.45) is 0 Å². The van der Waals surface area contributed by atoms with E-state index >= 15 is 0 Å². The maximum atomic E-state index is 13.7. The topological polar surface area (TPSA) is 76.7 Å². The van der Waals surface area contributed by atoms with Gasteiger partial charge in [0.15, 0.2) is 17.3 Å². The molecule has 0 aromatic heterocycles. The number of carbonyl (C=O) groups excluding carboxylic acids is 2. The van der Waals surface area contributed by atoms with E-state index in [0.29, 0.717) is 17.9 Å². The Kier molecular flexibility index (Phi) is 6.03. The number of ketones is 1. The molecule has 1 aliphatic heterocycles. The molecule has 0 saturated carbocycles. The van der Waals surface area contributed by atoms with Crippen molar-refractivity contribution in [2.45, 2.75) is 38.6 Å². The maximum Gasteiger partial charge on any atom is 0.308 e. The fourth-order valence-corrected chi connectivity index (χ4v) is 4.92. The molecule has 178 valence electrons. The minimum atomic E-state index is -0.420. The van der Waals surface area contributed by atoms with Crippen molar-refractivity contribution >= 4 is 23.1 Å². The van der Waals surface area contributed by atoms with Gasteiger partial charge in [-0.2, -0.15) is 0 Å². The lowest BCUT2D eigenvalue weighted by Crippen LogP contribution is -2.27. The summed E-state index contributed by atoms with van der Waals surface area (Å²) in [5.74, 6) is 0.586. The molecular formula is C29H28N2O4. The van der Waals surface area contributed by atoms with Gasteiger partial charge < -0.3 is 20.1 Å². The Hall–Kier alpha value is -4.06. The molecule has 0 fully saturated rings. The highest BCUT2D eigenvalue weighted by Gasteiger charge is 2.36. The molecule has 2 atom stereocenters. The third kappa shape index (κ3) is 4.52. The van der Waals surface area contributed by atoms with Gasteiger partial charge in [0.05, 0.1) is 24.5 Å². The normalized spacial score (nSPS) is 19.0. The minimum absolute atomic E-state index is 0.109. The van der Waals surface area contributed by atoms with E-state index in [1.165, 1.54) is 25.2 Å². The van der Waals surface area contributed by atoms with Gasteiger partial charge >= 0.3 is 5.97 Å². The Labute approximate surface area is 205 Å². The van der Waals surface area contributed by atoms with Gasteiger partial charge in [0.1, 0.15) is 0 Å². The Morgan fingerprint density at radius 3 is 2.34 bits per heavy atom. The third-order valence-electron chi connectivity index (χ3n) is 6.63. The van der Waals surface area contributed by atoms with Crippen LogP contribution >= 0.6 is 0 Å². The molecule has 0 bridgehead atoms. The first-order valence-electron chi connectivity index (χ1n) is 11.7. The van der Waals surface area contributed by atoms with Crippen molar-refractivity contribution in [3.05, 3.63) is 94.7 Å². The summed E-state index contributed by atoms with van der Waals surface area (Å²) >= 11 is 0. The highest BCUT2D eigenvalue weighted by atomic mass is 16.6. The number of methoxy groups -OCH3 is 1. The van der Waals surface area contributed by atoms with Crippen LogP contribution in [0.3, 0.4) is 0 Å². The van der Waals surface area contributed by atoms with Gasteiger partial charge in [-0.15, -0.1) is 0 Å². The van der Waals surface area contributed by atoms with E-state index in [2.05, 4.69) is 41.8 Å².